The molecule has 86 valence electrons. The lowest BCUT2D eigenvalue weighted by Gasteiger charge is -2.09. The molecule has 1 fully saturated rings. The first-order valence-electron chi connectivity index (χ1n) is 5.54. The highest BCUT2D eigenvalue weighted by molar-refractivity contribution is 5.81. The Bertz CT molecular complexity index is 210. The summed E-state index contributed by atoms with van der Waals surface area (Å²) in [7, 11) is 0. The maximum absolute atomic E-state index is 10.9. The van der Waals surface area contributed by atoms with Gasteiger partial charge in [0.2, 0.25) is 0 Å². The van der Waals surface area contributed by atoms with Gasteiger partial charge in [0, 0.05) is 12.6 Å². The van der Waals surface area contributed by atoms with Gasteiger partial charge in [-0.25, -0.2) is 4.79 Å². The van der Waals surface area contributed by atoms with E-state index in [1.54, 1.807) is 13.0 Å². The van der Waals surface area contributed by atoms with E-state index in [2.05, 4.69) is 5.48 Å². The van der Waals surface area contributed by atoms with Crippen molar-refractivity contribution in [3.63, 3.8) is 0 Å². The van der Waals surface area contributed by atoms with Gasteiger partial charge in [-0.1, -0.05) is 18.9 Å². The van der Waals surface area contributed by atoms with E-state index >= 15 is 0 Å². The van der Waals surface area contributed by atoms with E-state index in [4.69, 9.17) is 9.57 Å². The molecule has 0 heterocycles. The van der Waals surface area contributed by atoms with Gasteiger partial charge in [-0.2, -0.15) is 5.48 Å². The Morgan fingerprint density at radius 2 is 2.20 bits per heavy atom. The summed E-state index contributed by atoms with van der Waals surface area (Å²) in [6.07, 6.45) is 8.24. The molecule has 1 N–H and O–H groups in total. The number of hydrogen-bond donors (Lipinski definition) is 1. The van der Waals surface area contributed by atoms with Crippen LogP contribution in [0.25, 0.3) is 0 Å². The van der Waals surface area contributed by atoms with Crippen LogP contribution in [-0.4, -0.2) is 25.2 Å². The summed E-state index contributed by atoms with van der Waals surface area (Å²) in [6, 6.07) is 0. The number of ether oxygens (including phenoxy) is 1. The summed E-state index contributed by atoms with van der Waals surface area (Å²) in [6.45, 7) is 2.73. The molecule has 0 atom stereocenters. The van der Waals surface area contributed by atoms with Crippen LogP contribution in [0.2, 0.25) is 0 Å². The van der Waals surface area contributed by atoms with Gasteiger partial charge in [0.15, 0.2) is 0 Å². The highest BCUT2D eigenvalue weighted by atomic mass is 16.7. The lowest BCUT2D eigenvalue weighted by Crippen LogP contribution is -2.21. The summed E-state index contributed by atoms with van der Waals surface area (Å²) in [4.78, 5) is 16.3. The molecule has 1 saturated carbocycles. The molecule has 0 radical (unpaired) electrons. The predicted octanol–water partition coefficient (Wildman–Crippen LogP) is 1.57. The van der Waals surface area contributed by atoms with E-state index in [0.717, 1.165) is 12.8 Å². The molecule has 1 aliphatic rings. The number of carbonyl (C=O) groups is 1. The Balaban J connectivity index is 1.97. The molecule has 0 bridgehead atoms. The van der Waals surface area contributed by atoms with Crippen LogP contribution >= 0.6 is 0 Å². The predicted molar refractivity (Wildman–Crippen MR) is 57.1 cm³/mol. The average Bonchev–Trinajstić information content (AvgIpc) is 2.70. The van der Waals surface area contributed by atoms with Crippen LogP contribution in [0.3, 0.4) is 0 Å². The SMILES string of the molecule is CCOC(=O)/C=C/CNOC1CCCC1. The van der Waals surface area contributed by atoms with Crippen molar-refractivity contribution >= 4 is 5.97 Å². The second-order valence-electron chi connectivity index (χ2n) is 3.53. The maximum atomic E-state index is 10.9. The summed E-state index contributed by atoms with van der Waals surface area (Å²) in [5, 5.41) is 0. The van der Waals surface area contributed by atoms with Crippen LogP contribution in [-0.2, 0) is 14.4 Å². The van der Waals surface area contributed by atoms with E-state index in [1.807, 2.05) is 0 Å². The van der Waals surface area contributed by atoms with E-state index in [1.165, 1.54) is 18.9 Å². The van der Waals surface area contributed by atoms with Crippen molar-refractivity contribution in [1.82, 2.24) is 5.48 Å². The Kier molecular flexibility index (Phi) is 6.04. The zero-order valence-electron chi connectivity index (χ0n) is 9.20. The Morgan fingerprint density at radius 1 is 1.47 bits per heavy atom. The zero-order chi connectivity index (χ0) is 10.9. The molecule has 1 aliphatic carbocycles. The topological polar surface area (TPSA) is 47.6 Å². The van der Waals surface area contributed by atoms with Gasteiger partial charge in [-0.05, 0) is 19.8 Å². The molecular formula is C11H19NO3. The third kappa shape index (κ3) is 5.54. The lowest BCUT2D eigenvalue weighted by molar-refractivity contribution is -0.137. The van der Waals surface area contributed by atoms with Crippen molar-refractivity contribution in [2.75, 3.05) is 13.2 Å². The number of carbonyl (C=O) groups excluding carboxylic acids is 1. The standard InChI is InChI=1S/C11H19NO3/c1-2-14-11(13)8-5-9-12-15-10-6-3-4-7-10/h5,8,10,12H,2-4,6-7,9H2,1H3/b8-5+. The van der Waals surface area contributed by atoms with Gasteiger partial charge in [0.25, 0.3) is 0 Å². The molecule has 0 aromatic carbocycles. The Morgan fingerprint density at radius 3 is 2.87 bits per heavy atom. The Hall–Kier alpha value is -0.870. The highest BCUT2D eigenvalue weighted by Gasteiger charge is 2.14. The van der Waals surface area contributed by atoms with Crippen LogP contribution < -0.4 is 5.48 Å². The van der Waals surface area contributed by atoms with Crippen molar-refractivity contribution in [3.05, 3.63) is 12.2 Å². The van der Waals surface area contributed by atoms with Crippen LogP contribution in [0.15, 0.2) is 12.2 Å². The largest absolute Gasteiger partial charge is 0.463 e. The normalized spacial score (nSPS) is 17.4. The second-order valence-corrected chi connectivity index (χ2v) is 3.53. The van der Waals surface area contributed by atoms with E-state index in [9.17, 15) is 4.79 Å². The third-order valence-corrected chi connectivity index (χ3v) is 2.29. The fourth-order valence-corrected chi connectivity index (χ4v) is 1.57. The molecule has 0 aliphatic heterocycles. The minimum atomic E-state index is -0.305. The highest BCUT2D eigenvalue weighted by Crippen LogP contribution is 2.19. The number of nitrogens with one attached hydrogen (secondary N) is 1. The van der Waals surface area contributed by atoms with E-state index in [0.29, 0.717) is 19.3 Å². The van der Waals surface area contributed by atoms with Crippen molar-refractivity contribution in [1.29, 1.82) is 0 Å². The molecule has 4 heteroatoms. The van der Waals surface area contributed by atoms with E-state index in [-0.39, 0.29) is 5.97 Å². The van der Waals surface area contributed by atoms with Gasteiger partial charge < -0.3 is 4.74 Å². The molecule has 15 heavy (non-hydrogen) atoms. The van der Waals surface area contributed by atoms with Gasteiger partial charge in [0.1, 0.15) is 0 Å². The zero-order valence-corrected chi connectivity index (χ0v) is 9.20. The minimum absolute atomic E-state index is 0.305. The number of esters is 1. The van der Waals surface area contributed by atoms with Crippen LogP contribution in [0.4, 0.5) is 0 Å². The van der Waals surface area contributed by atoms with Crippen LogP contribution in [0.1, 0.15) is 32.6 Å². The number of rotatable bonds is 6. The van der Waals surface area contributed by atoms with Gasteiger partial charge in [-0.15, -0.1) is 0 Å². The number of hydrogen-bond acceptors (Lipinski definition) is 4. The molecule has 0 unspecified atom stereocenters. The van der Waals surface area contributed by atoms with Crippen molar-refractivity contribution in [2.24, 2.45) is 0 Å². The molecule has 0 amide bonds. The van der Waals surface area contributed by atoms with Crippen LogP contribution in [0, 0.1) is 0 Å². The fraction of sp³-hybridized carbons (Fsp3) is 0.727. The number of hydroxylamine groups is 1. The van der Waals surface area contributed by atoms with Crippen molar-refractivity contribution in [3.8, 4) is 0 Å². The molecule has 4 nitrogen and oxygen atoms in total. The Labute approximate surface area is 90.6 Å². The quantitative estimate of drug-likeness (QED) is 0.315. The lowest BCUT2D eigenvalue weighted by atomic mass is 10.3. The van der Waals surface area contributed by atoms with Gasteiger partial charge in [-0.3, -0.25) is 4.84 Å². The minimum Gasteiger partial charge on any atom is -0.463 e. The molecule has 0 aromatic heterocycles. The van der Waals surface area contributed by atoms with E-state index < -0.39 is 0 Å². The summed E-state index contributed by atoms with van der Waals surface area (Å²) >= 11 is 0. The van der Waals surface area contributed by atoms with Gasteiger partial charge in [0.05, 0.1) is 12.7 Å². The average molecular weight is 213 g/mol. The van der Waals surface area contributed by atoms with Crippen molar-refractivity contribution < 1.29 is 14.4 Å². The molecule has 0 aromatic rings. The summed E-state index contributed by atoms with van der Waals surface area (Å²) in [5.41, 5.74) is 2.83. The second kappa shape index (κ2) is 7.43. The maximum Gasteiger partial charge on any atom is 0.330 e. The van der Waals surface area contributed by atoms with Crippen molar-refractivity contribution in [2.45, 2.75) is 38.7 Å². The molecule has 0 spiro atoms. The fourth-order valence-electron chi connectivity index (χ4n) is 1.57. The van der Waals surface area contributed by atoms with Crippen LogP contribution in [0.5, 0.6) is 0 Å². The monoisotopic (exact) mass is 213 g/mol. The molecule has 1 rings (SSSR count). The summed E-state index contributed by atoms with van der Waals surface area (Å²) in [5.74, 6) is -0.305. The van der Waals surface area contributed by atoms with Gasteiger partial charge >= 0.3 is 5.97 Å². The third-order valence-electron chi connectivity index (χ3n) is 2.29. The smallest absolute Gasteiger partial charge is 0.330 e. The summed E-state index contributed by atoms with van der Waals surface area (Å²) < 4.78 is 4.73. The molecular weight excluding hydrogens is 194 g/mol. The molecule has 0 saturated heterocycles. The first-order valence-corrected chi connectivity index (χ1v) is 5.54. The first-order chi connectivity index (χ1) is 7.33. The first kappa shape index (κ1) is 12.2.